The van der Waals surface area contributed by atoms with Crippen molar-refractivity contribution in [2.24, 2.45) is 10.9 Å². The quantitative estimate of drug-likeness (QED) is 0.380. The van der Waals surface area contributed by atoms with E-state index in [1.54, 1.807) is 30.3 Å². The van der Waals surface area contributed by atoms with Crippen LogP contribution in [0.3, 0.4) is 0 Å². The first kappa shape index (κ1) is 22.1. The third-order valence-corrected chi connectivity index (χ3v) is 4.69. The summed E-state index contributed by atoms with van der Waals surface area (Å²) in [7, 11) is 5.44. The molecule has 0 spiro atoms. The summed E-state index contributed by atoms with van der Waals surface area (Å²) in [6, 6.07) is 0. The van der Waals surface area contributed by atoms with E-state index in [2.05, 4.69) is 20.7 Å². The predicted molar refractivity (Wildman–Crippen MR) is 112 cm³/mol. The van der Waals surface area contributed by atoms with Gasteiger partial charge in [-0.05, 0) is 13.3 Å². The Kier molecular flexibility index (Phi) is 9.65. The molecular weight excluding hydrogens is 453 g/mol. The number of aromatic nitrogens is 1. The van der Waals surface area contributed by atoms with E-state index in [0.29, 0.717) is 12.5 Å². The van der Waals surface area contributed by atoms with E-state index >= 15 is 0 Å². The lowest BCUT2D eigenvalue weighted by molar-refractivity contribution is -0.127. The van der Waals surface area contributed by atoms with Gasteiger partial charge in [-0.3, -0.25) is 4.79 Å². The third kappa shape index (κ3) is 7.45. The molecule has 25 heavy (non-hydrogen) atoms. The highest BCUT2D eigenvalue weighted by Gasteiger charge is 2.17. The van der Waals surface area contributed by atoms with E-state index in [1.807, 2.05) is 18.9 Å². The molecule has 0 bridgehead atoms. The highest BCUT2D eigenvalue weighted by Crippen LogP contribution is 2.12. The molecule has 9 heteroatoms. The van der Waals surface area contributed by atoms with Gasteiger partial charge in [0.05, 0.1) is 23.9 Å². The second-order valence-electron chi connectivity index (χ2n) is 6.25. The summed E-state index contributed by atoms with van der Waals surface area (Å²) >= 11 is 1.64. The zero-order chi connectivity index (χ0) is 17.5. The molecule has 142 valence electrons. The summed E-state index contributed by atoms with van der Waals surface area (Å²) in [5, 5.41) is 6.49. The standard InChI is InChI=1S/C16H27N5O2S.HI/c1-12-19-14(11-24-12)9-21(4)16(18-8-15(22)20(2)3)17-7-13-5-6-23-10-13;/h11,13H,5-10H2,1-4H3,(H,17,18);1H. The Hall–Kier alpha value is -0.940. The van der Waals surface area contributed by atoms with Crippen molar-refractivity contribution in [3.63, 3.8) is 0 Å². The first-order valence-electron chi connectivity index (χ1n) is 8.14. The number of hydrogen-bond acceptors (Lipinski definition) is 5. The van der Waals surface area contributed by atoms with Gasteiger partial charge in [0.2, 0.25) is 5.91 Å². The topological polar surface area (TPSA) is 70.1 Å². The number of nitrogens with one attached hydrogen (secondary N) is 1. The number of aliphatic imine (C=N–C) groups is 1. The first-order valence-corrected chi connectivity index (χ1v) is 9.02. The normalized spacial score (nSPS) is 17.1. The first-order chi connectivity index (χ1) is 11.5. The number of guanidine groups is 1. The van der Waals surface area contributed by atoms with Crippen LogP contribution < -0.4 is 5.32 Å². The van der Waals surface area contributed by atoms with Crippen LogP contribution in [0.25, 0.3) is 0 Å². The number of ether oxygens (including phenoxy) is 1. The lowest BCUT2D eigenvalue weighted by Crippen LogP contribution is -2.41. The van der Waals surface area contributed by atoms with Gasteiger partial charge in [0.1, 0.15) is 6.54 Å². The molecule has 1 saturated heterocycles. The molecule has 1 aliphatic rings. The summed E-state index contributed by atoms with van der Waals surface area (Å²) in [6.45, 7) is 5.20. The smallest absolute Gasteiger partial charge is 0.243 e. The van der Waals surface area contributed by atoms with Crippen LogP contribution >= 0.6 is 35.3 Å². The van der Waals surface area contributed by atoms with Gasteiger partial charge < -0.3 is 19.9 Å². The van der Waals surface area contributed by atoms with Gasteiger partial charge in [0.15, 0.2) is 5.96 Å². The van der Waals surface area contributed by atoms with Crippen molar-refractivity contribution in [2.45, 2.75) is 19.9 Å². The van der Waals surface area contributed by atoms with Crippen LogP contribution in [0.1, 0.15) is 17.1 Å². The predicted octanol–water partition coefficient (Wildman–Crippen LogP) is 1.57. The van der Waals surface area contributed by atoms with Gasteiger partial charge >= 0.3 is 0 Å². The van der Waals surface area contributed by atoms with Crippen molar-refractivity contribution in [3.05, 3.63) is 16.1 Å². The molecule has 7 nitrogen and oxygen atoms in total. The monoisotopic (exact) mass is 481 g/mol. The number of amides is 1. The van der Waals surface area contributed by atoms with E-state index < -0.39 is 0 Å². The van der Waals surface area contributed by atoms with E-state index in [9.17, 15) is 4.79 Å². The second kappa shape index (κ2) is 10.9. The minimum Gasteiger partial charge on any atom is -0.381 e. The van der Waals surface area contributed by atoms with Crippen LogP contribution in [0.5, 0.6) is 0 Å². The van der Waals surface area contributed by atoms with Gasteiger partial charge in [-0.2, -0.15) is 0 Å². The maximum absolute atomic E-state index is 11.8. The number of nitrogens with zero attached hydrogens (tertiary/aromatic N) is 4. The Morgan fingerprint density at radius 2 is 2.24 bits per heavy atom. The number of likely N-dealkylation sites (N-methyl/N-ethyl adjacent to an activating group) is 1. The number of thiazole rings is 1. The molecule has 0 saturated carbocycles. The van der Waals surface area contributed by atoms with Crippen molar-refractivity contribution < 1.29 is 9.53 Å². The van der Waals surface area contributed by atoms with Gasteiger partial charge in [-0.15, -0.1) is 35.3 Å². The van der Waals surface area contributed by atoms with Crippen LogP contribution in [0.4, 0.5) is 0 Å². The molecule has 0 aliphatic carbocycles. The van der Waals surface area contributed by atoms with Crippen molar-refractivity contribution in [1.29, 1.82) is 0 Å². The Morgan fingerprint density at radius 1 is 1.48 bits per heavy atom. The van der Waals surface area contributed by atoms with Crippen molar-refractivity contribution in [2.75, 3.05) is 47.4 Å². The molecule has 1 aromatic heterocycles. The van der Waals surface area contributed by atoms with E-state index in [0.717, 1.165) is 42.8 Å². The molecule has 0 radical (unpaired) electrons. The molecule has 1 aromatic rings. The molecule has 1 N–H and O–H groups in total. The van der Waals surface area contributed by atoms with Crippen LogP contribution in [0.15, 0.2) is 10.4 Å². The molecular formula is C16H28IN5O2S. The molecule has 1 unspecified atom stereocenters. The SMILES string of the molecule is Cc1nc(CN(C)C(=NCC(=O)N(C)C)NCC2CCOC2)cs1.I. The fourth-order valence-corrected chi connectivity index (χ4v) is 2.98. The minimum absolute atomic E-state index is 0. The van der Waals surface area contributed by atoms with Gasteiger partial charge in [-0.25, -0.2) is 9.98 Å². The molecule has 1 amide bonds. The number of aryl methyl sites for hydroxylation is 1. The lowest BCUT2D eigenvalue weighted by Gasteiger charge is -2.23. The Labute approximate surface area is 170 Å². The zero-order valence-corrected chi connectivity index (χ0v) is 18.5. The highest BCUT2D eigenvalue weighted by atomic mass is 127. The molecule has 1 fully saturated rings. The molecule has 1 aliphatic heterocycles. The molecule has 2 heterocycles. The number of hydrogen-bond donors (Lipinski definition) is 1. The van der Waals surface area contributed by atoms with E-state index in [-0.39, 0.29) is 36.4 Å². The van der Waals surface area contributed by atoms with Gasteiger partial charge in [0, 0.05) is 45.6 Å². The van der Waals surface area contributed by atoms with Crippen molar-refractivity contribution >= 4 is 47.2 Å². The molecule has 2 rings (SSSR count). The lowest BCUT2D eigenvalue weighted by atomic mass is 10.1. The number of carbonyl (C=O) groups is 1. The molecule has 0 aromatic carbocycles. The minimum atomic E-state index is -0.0172. The average molecular weight is 481 g/mol. The summed E-state index contributed by atoms with van der Waals surface area (Å²) in [4.78, 5) is 24.4. The fourth-order valence-electron chi connectivity index (χ4n) is 2.37. The highest BCUT2D eigenvalue weighted by molar-refractivity contribution is 14.0. The largest absolute Gasteiger partial charge is 0.381 e. The maximum atomic E-state index is 11.8. The summed E-state index contributed by atoms with van der Waals surface area (Å²) in [5.74, 6) is 1.20. The number of carbonyl (C=O) groups excluding carboxylic acids is 1. The number of halogens is 1. The van der Waals surface area contributed by atoms with Crippen LogP contribution in [0, 0.1) is 12.8 Å². The van der Waals surface area contributed by atoms with Crippen molar-refractivity contribution in [1.82, 2.24) is 20.1 Å². The summed E-state index contributed by atoms with van der Waals surface area (Å²) in [6.07, 6.45) is 1.06. The van der Waals surface area contributed by atoms with Crippen LogP contribution in [-0.4, -0.2) is 74.1 Å². The van der Waals surface area contributed by atoms with Crippen molar-refractivity contribution in [3.8, 4) is 0 Å². The Bertz CT molecular complexity index is 573. The fraction of sp³-hybridized carbons (Fsp3) is 0.688. The van der Waals surface area contributed by atoms with E-state index in [4.69, 9.17) is 4.74 Å². The Morgan fingerprint density at radius 3 is 2.80 bits per heavy atom. The van der Waals surface area contributed by atoms with Crippen LogP contribution in [0.2, 0.25) is 0 Å². The van der Waals surface area contributed by atoms with Gasteiger partial charge in [0.25, 0.3) is 0 Å². The maximum Gasteiger partial charge on any atom is 0.243 e. The van der Waals surface area contributed by atoms with E-state index in [1.165, 1.54) is 0 Å². The summed E-state index contributed by atoms with van der Waals surface area (Å²) in [5.41, 5.74) is 1.01. The average Bonchev–Trinajstić information content (AvgIpc) is 3.18. The zero-order valence-electron chi connectivity index (χ0n) is 15.3. The van der Waals surface area contributed by atoms with Crippen LogP contribution in [-0.2, 0) is 16.1 Å². The van der Waals surface area contributed by atoms with Gasteiger partial charge in [-0.1, -0.05) is 0 Å². The number of rotatable bonds is 6. The third-order valence-electron chi connectivity index (χ3n) is 3.86. The Balaban J connectivity index is 0.00000312. The summed E-state index contributed by atoms with van der Waals surface area (Å²) < 4.78 is 5.42. The molecule has 1 atom stereocenters. The second-order valence-corrected chi connectivity index (χ2v) is 7.31.